The van der Waals surface area contributed by atoms with Crippen LogP contribution in [0.4, 0.5) is 5.82 Å². The molecule has 0 fully saturated rings. The highest BCUT2D eigenvalue weighted by atomic mass is 15.1. The monoisotopic (exact) mass is 361 g/mol. The maximum atomic E-state index is 9.27. The molecule has 1 heterocycles. The van der Waals surface area contributed by atoms with Crippen LogP contribution in [-0.4, -0.2) is 12.0 Å². The molecule has 0 unspecified atom stereocenters. The van der Waals surface area contributed by atoms with Crippen molar-refractivity contribution >= 4 is 28.9 Å². The van der Waals surface area contributed by atoms with Crippen molar-refractivity contribution in [3.05, 3.63) is 96.1 Å². The third-order valence-electron chi connectivity index (χ3n) is 4.67. The second-order valence-corrected chi connectivity index (χ2v) is 6.57. The molecule has 134 valence electrons. The Hall–Kier alpha value is -3.90. The predicted octanol–water partition coefficient (Wildman–Crippen LogP) is 5.99. The van der Waals surface area contributed by atoms with E-state index in [4.69, 9.17) is 0 Å². The smallest absolute Gasteiger partial charge is 0.185 e. The van der Waals surface area contributed by atoms with Crippen molar-refractivity contribution < 1.29 is 0 Å². The number of pyridine rings is 1. The van der Waals surface area contributed by atoms with Crippen LogP contribution in [0.25, 0.3) is 34.2 Å². The minimum atomic E-state index is 0.640. The number of anilines is 1. The first-order chi connectivity index (χ1) is 13.7. The summed E-state index contributed by atoms with van der Waals surface area (Å²) >= 11 is 0. The zero-order chi connectivity index (χ0) is 19.3. The Balaban J connectivity index is 1.85. The van der Waals surface area contributed by atoms with Gasteiger partial charge in [0.15, 0.2) is 6.19 Å². The Bertz CT molecular complexity index is 1170. The molecule has 0 amide bonds. The molecule has 0 aliphatic carbocycles. The van der Waals surface area contributed by atoms with Gasteiger partial charge in [-0.2, -0.15) is 5.26 Å². The number of hydrogen-bond acceptors (Lipinski definition) is 3. The molecule has 4 rings (SSSR count). The maximum absolute atomic E-state index is 9.27. The van der Waals surface area contributed by atoms with Gasteiger partial charge in [-0.05, 0) is 40.5 Å². The highest BCUT2D eigenvalue weighted by Gasteiger charge is 2.11. The third-order valence-corrected chi connectivity index (χ3v) is 4.67. The third kappa shape index (κ3) is 3.62. The van der Waals surface area contributed by atoms with Gasteiger partial charge >= 0.3 is 0 Å². The Morgan fingerprint density at radius 1 is 0.821 bits per heavy atom. The number of benzene rings is 3. The number of nitrogens with zero attached hydrogens (tertiary/aromatic N) is 3. The van der Waals surface area contributed by atoms with Gasteiger partial charge in [0, 0.05) is 12.4 Å². The molecular formula is C25H19N3. The van der Waals surface area contributed by atoms with Crippen LogP contribution in [0.2, 0.25) is 0 Å². The van der Waals surface area contributed by atoms with Crippen molar-refractivity contribution in [2.45, 2.75) is 0 Å². The van der Waals surface area contributed by atoms with E-state index in [1.807, 2.05) is 48.5 Å². The van der Waals surface area contributed by atoms with Gasteiger partial charge in [-0.15, -0.1) is 0 Å². The lowest BCUT2D eigenvalue weighted by Crippen LogP contribution is -2.10. The lowest BCUT2D eigenvalue weighted by molar-refractivity contribution is 1.15. The average molecular weight is 361 g/mol. The van der Waals surface area contributed by atoms with Crippen LogP contribution in [0.1, 0.15) is 11.1 Å². The summed E-state index contributed by atoms with van der Waals surface area (Å²) in [6.07, 6.45) is 6.35. The fourth-order valence-corrected chi connectivity index (χ4v) is 3.17. The molecule has 3 nitrogen and oxygen atoms in total. The molecule has 3 aromatic carbocycles. The maximum Gasteiger partial charge on any atom is 0.185 e. The predicted molar refractivity (Wildman–Crippen MR) is 117 cm³/mol. The van der Waals surface area contributed by atoms with Gasteiger partial charge in [-0.25, -0.2) is 4.98 Å². The van der Waals surface area contributed by atoms with E-state index in [0.717, 1.165) is 33.2 Å². The summed E-state index contributed by atoms with van der Waals surface area (Å²) < 4.78 is 0. The summed E-state index contributed by atoms with van der Waals surface area (Å²) in [7, 11) is 1.72. The number of fused-ring (bicyclic) bond motifs is 1. The standard InChI is InChI=1S/C25H19N3/c1-28(18-26)25-17-22(21-10-6-3-7-11-21)23-16-20(14-15-24(23)27-25)13-12-19-8-4-2-5-9-19/h2-17H,1H3. The number of aromatic nitrogens is 1. The second-order valence-electron chi connectivity index (χ2n) is 6.57. The number of rotatable bonds is 4. The molecule has 0 saturated heterocycles. The number of hydrogen-bond donors (Lipinski definition) is 0. The molecule has 3 heteroatoms. The molecule has 0 N–H and O–H groups in total. The van der Waals surface area contributed by atoms with E-state index >= 15 is 0 Å². The van der Waals surface area contributed by atoms with Crippen LogP contribution in [0.5, 0.6) is 0 Å². The summed E-state index contributed by atoms with van der Waals surface area (Å²) in [5, 5.41) is 10.3. The minimum absolute atomic E-state index is 0.640. The normalized spacial score (nSPS) is 10.9. The van der Waals surface area contributed by atoms with Crippen molar-refractivity contribution in [1.29, 1.82) is 5.26 Å². The van der Waals surface area contributed by atoms with Gasteiger partial charge in [0.1, 0.15) is 5.82 Å². The summed E-state index contributed by atoms with van der Waals surface area (Å²) in [6, 6.07) is 28.7. The Morgan fingerprint density at radius 3 is 2.21 bits per heavy atom. The highest BCUT2D eigenvalue weighted by Crippen LogP contribution is 2.32. The van der Waals surface area contributed by atoms with Crippen LogP contribution < -0.4 is 4.90 Å². The van der Waals surface area contributed by atoms with E-state index in [9.17, 15) is 5.26 Å². The van der Waals surface area contributed by atoms with Crippen LogP contribution in [-0.2, 0) is 0 Å². The van der Waals surface area contributed by atoms with E-state index in [1.165, 1.54) is 4.90 Å². The Kier molecular flexibility index (Phi) is 4.86. The lowest BCUT2D eigenvalue weighted by Gasteiger charge is -2.14. The van der Waals surface area contributed by atoms with Crippen LogP contribution in [0, 0.1) is 11.5 Å². The van der Waals surface area contributed by atoms with Crippen LogP contribution >= 0.6 is 0 Å². The molecule has 0 bridgehead atoms. The molecule has 0 spiro atoms. The second kappa shape index (κ2) is 7.77. The lowest BCUT2D eigenvalue weighted by atomic mass is 9.99. The Labute approximate surface area is 164 Å². The van der Waals surface area contributed by atoms with Gasteiger partial charge in [0.05, 0.1) is 5.52 Å². The van der Waals surface area contributed by atoms with E-state index in [-0.39, 0.29) is 0 Å². The summed E-state index contributed by atoms with van der Waals surface area (Å²) in [4.78, 5) is 6.15. The van der Waals surface area contributed by atoms with Crippen LogP contribution in [0.3, 0.4) is 0 Å². The quantitative estimate of drug-likeness (QED) is 0.255. The first-order valence-electron chi connectivity index (χ1n) is 9.11. The molecule has 4 aromatic rings. The molecule has 0 saturated carbocycles. The molecule has 0 aliphatic heterocycles. The van der Waals surface area contributed by atoms with E-state index in [2.05, 4.69) is 59.7 Å². The van der Waals surface area contributed by atoms with Crippen molar-refractivity contribution in [2.75, 3.05) is 11.9 Å². The zero-order valence-electron chi connectivity index (χ0n) is 15.6. The summed E-state index contributed by atoms with van der Waals surface area (Å²) in [5.74, 6) is 0.640. The first-order valence-corrected chi connectivity index (χ1v) is 9.11. The molecule has 1 aromatic heterocycles. The van der Waals surface area contributed by atoms with E-state index in [0.29, 0.717) is 5.82 Å². The molecule has 0 aliphatic rings. The fourth-order valence-electron chi connectivity index (χ4n) is 3.17. The zero-order valence-corrected chi connectivity index (χ0v) is 15.6. The first kappa shape index (κ1) is 17.5. The number of nitriles is 1. The average Bonchev–Trinajstić information content (AvgIpc) is 2.77. The van der Waals surface area contributed by atoms with Gasteiger partial charge in [-0.1, -0.05) is 78.9 Å². The van der Waals surface area contributed by atoms with Crippen LogP contribution in [0.15, 0.2) is 84.9 Å². The van der Waals surface area contributed by atoms with Gasteiger partial charge in [-0.3, -0.25) is 4.90 Å². The fraction of sp³-hybridized carbons (Fsp3) is 0.0400. The van der Waals surface area contributed by atoms with E-state index < -0.39 is 0 Å². The topological polar surface area (TPSA) is 39.9 Å². The van der Waals surface area contributed by atoms with E-state index in [1.54, 1.807) is 7.05 Å². The van der Waals surface area contributed by atoms with Gasteiger partial charge in [0.2, 0.25) is 0 Å². The SMILES string of the molecule is CN(C#N)c1cc(-c2ccccc2)c2cc(C=Cc3ccccc3)ccc2n1. The summed E-state index contributed by atoms with van der Waals surface area (Å²) in [6.45, 7) is 0. The molecule has 0 radical (unpaired) electrons. The van der Waals surface area contributed by atoms with Crippen molar-refractivity contribution in [3.63, 3.8) is 0 Å². The van der Waals surface area contributed by atoms with Crippen molar-refractivity contribution in [3.8, 4) is 17.3 Å². The molecular weight excluding hydrogens is 342 g/mol. The van der Waals surface area contributed by atoms with Gasteiger partial charge in [0.25, 0.3) is 0 Å². The minimum Gasteiger partial charge on any atom is -0.266 e. The van der Waals surface area contributed by atoms with Gasteiger partial charge < -0.3 is 0 Å². The highest BCUT2D eigenvalue weighted by molar-refractivity contribution is 5.97. The Morgan fingerprint density at radius 2 is 1.50 bits per heavy atom. The van der Waals surface area contributed by atoms with Crippen molar-refractivity contribution in [1.82, 2.24) is 4.98 Å². The summed E-state index contributed by atoms with van der Waals surface area (Å²) in [5.41, 5.74) is 5.31. The molecule has 28 heavy (non-hydrogen) atoms. The molecule has 0 atom stereocenters. The van der Waals surface area contributed by atoms with Crippen molar-refractivity contribution in [2.24, 2.45) is 0 Å². The largest absolute Gasteiger partial charge is 0.266 e.